The molecule has 16 heavy (non-hydrogen) atoms. The zero-order valence-corrected chi connectivity index (χ0v) is 10.2. The SMILES string of the molecule is C=CC1=C(OC(C)C)C(O)(CCCC)C1=O. The maximum atomic E-state index is 11.8. The maximum Gasteiger partial charge on any atom is 0.205 e. The van der Waals surface area contributed by atoms with Crippen molar-refractivity contribution in [1.29, 1.82) is 0 Å². The number of rotatable bonds is 6. The third-order valence-corrected chi connectivity index (χ3v) is 2.69. The quantitative estimate of drug-likeness (QED) is 0.753. The van der Waals surface area contributed by atoms with Gasteiger partial charge < -0.3 is 9.84 Å². The molecule has 1 N–H and O–H groups in total. The summed E-state index contributed by atoms with van der Waals surface area (Å²) in [4.78, 5) is 11.8. The molecule has 3 heteroatoms. The van der Waals surface area contributed by atoms with Crippen LogP contribution in [0.3, 0.4) is 0 Å². The monoisotopic (exact) mass is 224 g/mol. The van der Waals surface area contributed by atoms with Gasteiger partial charge >= 0.3 is 0 Å². The van der Waals surface area contributed by atoms with E-state index in [0.717, 1.165) is 12.8 Å². The Morgan fingerprint density at radius 2 is 2.19 bits per heavy atom. The largest absolute Gasteiger partial charge is 0.491 e. The molecule has 0 bridgehead atoms. The van der Waals surface area contributed by atoms with E-state index in [-0.39, 0.29) is 11.9 Å². The van der Waals surface area contributed by atoms with Crippen molar-refractivity contribution in [2.45, 2.75) is 51.7 Å². The van der Waals surface area contributed by atoms with Crippen LogP contribution in [-0.4, -0.2) is 22.6 Å². The van der Waals surface area contributed by atoms with Crippen molar-refractivity contribution >= 4 is 5.78 Å². The number of carbonyl (C=O) groups excluding carboxylic acids is 1. The van der Waals surface area contributed by atoms with Crippen molar-refractivity contribution in [2.24, 2.45) is 0 Å². The van der Waals surface area contributed by atoms with E-state index >= 15 is 0 Å². The Kier molecular flexibility index (Phi) is 3.92. The Balaban J connectivity index is 2.91. The number of Topliss-reactive ketones (excluding diaryl/α,β-unsaturated/α-hetero) is 1. The molecule has 1 unspecified atom stereocenters. The molecule has 0 aromatic heterocycles. The first kappa shape index (κ1) is 13.0. The van der Waals surface area contributed by atoms with E-state index in [2.05, 4.69) is 6.58 Å². The van der Waals surface area contributed by atoms with Gasteiger partial charge in [0.25, 0.3) is 0 Å². The van der Waals surface area contributed by atoms with Crippen molar-refractivity contribution in [1.82, 2.24) is 0 Å². The van der Waals surface area contributed by atoms with Crippen LogP contribution in [0.4, 0.5) is 0 Å². The van der Waals surface area contributed by atoms with Gasteiger partial charge in [-0.15, -0.1) is 0 Å². The van der Waals surface area contributed by atoms with E-state index < -0.39 is 5.60 Å². The van der Waals surface area contributed by atoms with Crippen LogP contribution in [0.1, 0.15) is 40.0 Å². The zero-order valence-electron chi connectivity index (χ0n) is 10.2. The van der Waals surface area contributed by atoms with Crippen LogP contribution < -0.4 is 0 Å². The molecule has 0 saturated carbocycles. The first-order valence-electron chi connectivity index (χ1n) is 5.78. The Morgan fingerprint density at radius 1 is 1.56 bits per heavy atom. The van der Waals surface area contributed by atoms with E-state index in [4.69, 9.17) is 4.74 Å². The highest BCUT2D eigenvalue weighted by Gasteiger charge is 2.53. The van der Waals surface area contributed by atoms with Gasteiger partial charge in [0, 0.05) is 0 Å². The molecule has 0 aliphatic heterocycles. The minimum atomic E-state index is -1.40. The summed E-state index contributed by atoms with van der Waals surface area (Å²) >= 11 is 0. The molecule has 3 nitrogen and oxygen atoms in total. The Morgan fingerprint density at radius 3 is 2.62 bits per heavy atom. The predicted molar refractivity (Wildman–Crippen MR) is 62.9 cm³/mol. The Bertz CT molecular complexity index is 328. The van der Waals surface area contributed by atoms with Crippen LogP contribution in [0, 0.1) is 0 Å². The van der Waals surface area contributed by atoms with Crippen LogP contribution in [0.2, 0.25) is 0 Å². The van der Waals surface area contributed by atoms with Crippen molar-refractivity contribution in [3.05, 3.63) is 24.0 Å². The summed E-state index contributed by atoms with van der Waals surface area (Å²) in [5.41, 5.74) is -0.976. The summed E-state index contributed by atoms with van der Waals surface area (Å²) in [6, 6.07) is 0. The molecule has 0 fully saturated rings. The normalized spacial score (nSPS) is 24.7. The van der Waals surface area contributed by atoms with Crippen molar-refractivity contribution in [3.8, 4) is 0 Å². The van der Waals surface area contributed by atoms with Crippen molar-refractivity contribution in [3.63, 3.8) is 0 Å². The molecule has 0 aromatic carbocycles. The highest BCUT2D eigenvalue weighted by atomic mass is 16.5. The average Bonchev–Trinajstić information content (AvgIpc) is 2.25. The summed E-state index contributed by atoms with van der Waals surface area (Å²) in [5, 5.41) is 10.2. The van der Waals surface area contributed by atoms with Crippen LogP contribution in [-0.2, 0) is 9.53 Å². The smallest absolute Gasteiger partial charge is 0.205 e. The topological polar surface area (TPSA) is 46.5 Å². The van der Waals surface area contributed by atoms with E-state index in [9.17, 15) is 9.90 Å². The van der Waals surface area contributed by atoms with Gasteiger partial charge in [0.05, 0.1) is 11.7 Å². The van der Waals surface area contributed by atoms with Crippen LogP contribution >= 0.6 is 0 Å². The predicted octanol–water partition coefficient (Wildman–Crippen LogP) is 2.36. The fourth-order valence-electron chi connectivity index (χ4n) is 1.83. The lowest BCUT2D eigenvalue weighted by Gasteiger charge is -2.39. The second kappa shape index (κ2) is 4.83. The van der Waals surface area contributed by atoms with E-state index in [1.165, 1.54) is 6.08 Å². The fraction of sp³-hybridized carbons (Fsp3) is 0.615. The molecule has 0 heterocycles. The maximum absolute atomic E-state index is 11.8. The Labute approximate surface area is 96.8 Å². The van der Waals surface area contributed by atoms with Crippen molar-refractivity contribution in [2.75, 3.05) is 0 Å². The fourth-order valence-corrected chi connectivity index (χ4v) is 1.83. The van der Waals surface area contributed by atoms with Gasteiger partial charge in [-0.3, -0.25) is 4.79 Å². The number of ketones is 1. The third kappa shape index (κ3) is 2.05. The molecule has 1 atom stereocenters. The molecule has 0 amide bonds. The Hall–Kier alpha value is -1.09. The highest BCUT2D eigenvalue weighted by Crippen LogP contribution is 2.40. The molecule has 1 aliphatic carbocycles. The molecule has 90 valence electrons. The summed E-state index contributed by atoms with van der Waals surface area (Å²) in [5.74, 6) is 0.141. The highest BCUT2D eigenvalue weighted by molar-refractivity contribution is 6.13. The average molecular weight is 224 g/mol. The van der Waals surface area contributed by atoms with Gasteiger partial charge in [-0.1, -0.05) is 26.0 Å². The minimum Gasteiger partial charge on any atom is -0.491 e. The molecule has 1 rings (SSSR count). The number of carbonyl (C=O) groups is 1. The number of allylic oxidation sites excluding steroid dienone is 1. The molecule has 0 saturated heterocycles. The third-order valence-electron chi connectivity index (χ3n) is 2.69. The second-order valence-electron chi connectivity index (χ2n) is 4.41. The van der Waals surface area contributed by atoms with E-state index in [1.54, 1.807) is 0 Å². The first-order valence-corrected chi connectivity index (χ1v) is 5.78. The summed E-state index contributed by atoms with van der Waals surface area (Å²) in [7, 11) is 0. The molecular formula is C13H20O3. The second-order valence-corrected chi connectivity index (χ2v) is 4.41. The van der Waals surface area contributed by atoms with Crippen LogP contribution in [0.25, 0.3) is 0 Å². The summed E-state index contributed by atoms with van der Waals surface area (Å²) in [6.07, 6.45) is 3.58. The molecule has 1 aliphatic rings. The summed E-state index contributed by atoms with van der Waals surface area (Å²) < 4.78 is 5.51. The van der Waals surface area contributed by atoms with Gasteiger partial charge in [0.2, 0.25) is 5.78 Å². The van der Waals surface area contributed by atoms with Gasteiger partial charge in [-0.2, -0.15) is 0 Å². The minimum absolute atomic E-state index is 0.0498. The van der Waals surface area contributed by atoms with Crippen molar-refractivity contribution < 1.29 is 14.6 Å². The van der Waals surface area contributed by atoms with Gasteiger partial charge in [-0.25, -0.2) is 0 Å². The standard InChI is InChI=1S/C13H20O3/c1-5-7-8-13(15)11(14)10(6-2)12(13)16-9(3)4/h6,9,15H,2,5,7-8H2,1,3-4H3. The van der Waals surface area contributed by atoms with Crippen LogP contribution in [0.15, 0.2) is 24.0 Å². The van der Waals surface area contributed by atoms with E-state index in [0.29, 0.717) is 17.8 Å². The lowest BCUT2D eigenvalue weighted by Crippen LogP contribution is -2.51. The number of hydrogen-bond acceptors (Lipinski definition) is 3. The number of unbranched alkanes of at least 4 members (excludes halogenated alkanes) is 1. The van der Waals surface area contributed by atoms with E-state index in [1.807, 2.05) is 20.8 Å². The molecule has 0 radical (unpaired) electrons. The van der Waals surface area contributed by atoms with Gasteiger partial charge in [0.1, 0.15) is 5.76 Å². The van der Waals surface area contributed by atoms with Gasteiger partial charge in [-0.05, 0) is 26.7 Å². The van der Waals surface area contributed by atoms with Gasteiger partial charge in [0.15, 0.2) is 5.60 Å². The zero-order chi connectivity index (χ0) is 12.3. The first-order chi connectivity index (χ1) is 7.47. The molecule has 0 spiro atoms. The molecular weight excluding hydrogens is 204 g/mol. The lowest BCUT2D eigenvalue weighted by molar-refractivity contribution is -0.141. The number of ether oxygens (including phenoxy) is 1. The molecule has 0 aromatic rings. The summed E-state index contributed by atoms with van der Waals surface area (Å²) in [6.45, 7) is 9.33. The van der Waals surface area contributed by atoms with Crippen LogP contribution in [0.5, 0.6) is 0 Å². The number of hydrogen-bond donors (Lipinski definition) is 1. The lowest BCUT2D eigenvalue weighted by atomic mass is 9.74. The number of aliphatic hydroxyl groups is 1.